The zero-order valence-electron chi connectivity index (χ0n) is 5.74. The van der Waals surface area contributed by atoms with Gasteiger partial charge in [-0.05, 0) is 15.9 Å². The lowest BCUT2D eigenvalue weighted by Crippen LogP contribution is -1.85. The number of hydrogen-bond acceptors (Lipinski definition) is 3. The first-order chi connectivity index (χ1) is 5.31. The molecule has 0 fully saturated rings. The summed E-state index contributed by atoms with van der Waals surface area (Å²) in [6.07, 6.45) is 0. The molecule has 11 heavy (non-hydrogen) atoms. The summed E-state index contributed by atoms with van der Waals surface area (Å²) in [5.74, 6) is 0.651. The Morgan fingerprint density at radius 2 is 2.55 bits per heavy atom. The van der Waals surface area contributed by atoms with E-state index in [-0.39, 0.29) is 0 Å². The van der Waals surface area contributed by atoms with Crippen LogP contribution in [0, 0.1) is 0 Å². The zero-order valence-corrected chi connectivity index (χ0v) is 8.15. The lowest BCUT2D eigenvalue weighted by molar-refractivity contribution is 0.395. The number of hydrogen-bond donors (Lipinski definition) is 0. The molecule has 0 amide bonds. The second kappa shape index (κ2) is 2.49. The summed E-state index contributed by atoms with van der Waals surface area (Å²) in [5.41, 5.74) is 0. The van der Waals surface area contributed by atoms with Gasteiger partial charge in [-0.1, -0.05) is 0 Å². The van der Waals surface area contributed by atoms with E-state index >= 15 is 0 Å². The van der Waals surface area contributed by atoms with Gasteiger partial charge in [0.1, 0.15) is 9.43 Å². The van der Waals surface area contributed by atoms with E-state index in [1.165, 1.54) is 0 Å². The number of aromatic nitrogens is 2. The smallest absolute Gasteiger partial charge is 0.234 e. The Morgan fingerprint density at radius 3 is 3.18 bits per heavy atom. The number of ether oxygens (including phenoxy) is 1. The third kappa shape index (κ3) is 1.04. The van der Waals surface area contributed by atoms with Crippen LogP contribution in [0.4, 0.5) is 0 Å². The number of thiazole rings is 1. The van der Waals surface area contributed by atoms with Crippen LogP contribution in [-0.2, 0) is 0 Å². The highest BCUT2D eigenvalue weighted by atomic mass is 79.9. The molecule has 58 valence electrons. The fraction of sp³-hybridized carbons (Fsp3) is 0.167. The molecule has 0 aliphatic carbocycles. The molecule has 0 spiro atoms. The molecule has 0 saturated heterocycles. The monoisotopic (exact) mass is 232 g/mol. The fourth-order valence-corrected chi connectivity index (χ4v) is 2.23. The van der Waals surface area contributed by atoms with Gasteiger partial charge in [0, 0.05) is 11.4 Å². The van der Waals surface area contributed by atoms with E-state index in [0.29, 0.717) is 5.88 Å². The number of nitrogens with zero attached hydrogens (tertiary/aromatic N) is 2. The summed E-state index contributed by atoms with van der Waals surface area (Å²) in [4.78, 5) is 1.08. The summed E-state index contributed by atoms with van der Waals surface area (Å²) in [5, 5.41) is 6.14. The van der Waals surface area contributed by atoms with Gasteiger partial charge in [-0.25, -0.2) is 4.52 Å². The second-order valence-electron chi connectivity index (χ2n) is 2.00. The minimum absolute atomic E-state index is 0.651. The van der Waals surface area contributed by atoms with Crippen molar-refractivity contribution in [2.75, 3.05) is 7.11 Å². The predicted octanol–water partition coefficient (Wildman–Crippen LogP) is 2.17. The number of fused-ring (bicyclic) bond motifs is 1. The van der Waals surface area contributed by atoms with Gasteiger partial charge in [0.25, 0.3) is 0 Å². The van der Waals surface area contributed by atoms with E-state index in [2.05, 4.69) is 21.0 Å². The van der Waals surface area contributed by atoms with E-state index in [9.17, 15) is 0 Å². The van der Waals surface area contributed by atoms with Crippen molar-refractivity contribution in [1.82, 2.24) is 9.61 Å². The molecule has 2 rings (SSSR count). The van der Waals surface area contributed by atoms with Crippen molar-refractivity contribution in [3.63, 3.8) is 0 Å². The summed E-state index contributed by atoms with van der Waals surface area (Å²) < 4.78 is 7.72. The third-order valence-electron chi connectivity index (χ3n) is 1.34. The van der Waals surface area contributed by atoms with Crippen LogP contribution in [0.1, 0.15) is 0 Å². The highest BCUT2D eigenvalue weighted by molar-refractivity contribution is 9.10. The van der Waals surface area contributed by atoms with E-state index in [4.69, 9.17) is 4.74 Å². The van der Waals surface area contributed by atoms with Gasteiger partial charge in [-0.2, -0.15) is 0 Å². The quantitative estimate of drug-likeness (QED) is 0.754. The Hall–Kier alpha value is -0.550. The van der Waals surface area contributed by atoms with Crippen LogP contribution in [0.15, 0.2) is 16.0 Å². The van der Waals surface area contributed by atoms with Crippen LogP contribution in [0.25, 0.3) is 4.83 Å². The largest absolute Gasteiger partial charge is 0.480 e. The van der Waals surface area contributed by atoms with Gasteiger partial charge in [0.05, 0.1) is 7.11 Å². The van der Waals surface area contributed by atoms with Crippen LogP contribution in [0.3, 0.4) is 0 Å². The molecule has 0 aromatic carbocycles. The van der Waals surface area contributed by atoms with Gasteiger partial charge in [-0.15, -0.1) is 16.4 Å². The SMILES string of the molecule is COc1cc2scc(Br)n2n1. The minimum Gasteiger partial charge on any atom is -0.480 e. The maximum atomic E-state index is 4.97. The Balaban J connectivity index is 2.70. The van der Waals surface area contributed by atoms with E-state index < -0.39 is 0 Å². The van der Waals surface area contributed by atoms with Crippen LogP contribution in [-0.4, -0.2) is 16.7 Å². The van der Waals surface area contributed by atoms with Crippen molar-refractivity contribution in [1.29, 1.82) is 0 Å². The van der Waals surface area contributed by atoms with Crippen molar-refractivity contribution in [3.8, 4) is 5.88 Å². The van der Waals surface area contributed by atoms with Crippen molar-refractivity contribution >= 4 is 32.1 Å². The van der Waals surface area contributed by atoms with E-state index in [1.54, 1.807) is 23.0 Å². The average Bonchev–Trinajstić information content (AvgIpc) is 2.53. The molecule has 5 heteroatoms. The standard InChI is InChI=1S/C6H5BrN2OS/c1-10-5-2-6-9(8-5)4(7)3-11-6/h2-3H,1H3. The van der Waals surface area contributed by atoms with Gasteiger partial charge >= 0.3 is 0 Å². The Kier molecular flexibility index (Phi) is 1.61. The summed E-state index contributed by atoms with van der Waals surface area (Å²) in [7, 11) is 1.61. The summed E-state index contributed by atoms with van der Waals surface area (Å²) in [6, 6.07) is 1.90. The molecular weight excluding hydrogens is 228 g/mol. The zero-order chi connectivity index (χ0) is 7.84. The normalized spacial score (nSPS) is 10.7. The number of methoxy groups -OCH3 is 1. The number of halogens is 1. The highest BCUT2D eigenvalue weighted by Gasteiger charge is 2.04. The molecule has 2 aromatic heterocycles. The van der Waals surface area contributed by atoms with Crippen molar-refractivity contribution in [2.24, 2.45) is 0 Å². The first-order valence-corrected chi connectivity index (χ1v) is 4.65. The second-order valence-corrected chi connectivity index (χ2v) is 3.70. The van der Waals surface area contributed by atoms with Crippen molar-refractivity contribution < 1.29 is 4.74 Å². The molecule has 2 aromatic rings. The maximum Gasteiger partial charge on any atom is 0.234 e. The average molecular weight is 233 g/mol. The van der Waals surface area contributed by atoms with Gasteiger partial charge in [0.15, 0.2) is 0 Å². The lowest BCUT2D eigenvalue weighted by Gasteiger charge is -1.87. The molecular formula is C6H5BrN2OS. The number of rotatable bonds is 1. The first-order valence-electron chi connectivity index (χ1n) is 2.98. The highest BCUT2D eigenvalue weighted by Crippen LogP contribution is 2.23. The molecule has 0 aliphatic heterocycles. The topological polar surface area (TPSA) is 26.5 Å². The minimum atomic E-state index is 0.651. The molecule has 0 unspecified atom stereocenters. The molecule has 0 bridgehead atoms. The molecule has 2 heterocycles. The van der Waals surface area contributed by atoms with Crippen LogP contribution in [0.5, 0.6) is 5.88 Å². The summed E-state index contributed by atoms with van der Waals surface area (Å²) >= 11 is 4.99. The van der Waals surface area contributed by atoms with Crippen molar-refractivity contribution in [3.05, 3.63) is 16.0 Å². The maximum absolute atomic E-state index is 4.97. The predicted molar refractivity (Wildman–Crippen MR) is 47.3 cm³/mol. The van der Waals surface area contributed by atoms with E-state index in [0.717, 1.165) is 9.43 Å². The van der Waals surface area contributed by atoms with Gasteiger partial charge in [0.2, 0.25) is 5.88 Å². The van der Waals surface area contributed by atoms with Crippen LogP contribution >= 0.6 is 27.3 Å². The Bertz CT molecular complexity index is 381. The van der Waals surface area contributed by atoms with Crippen LogP contribution in [0.2, 0.25) is 0 Å². The Labute approximate surface area is 75.7 Å². The third-order valence-corrected chi connectivity index (χ3v) is 3.08. The molecule has 3 nitrogen and oxygen atoms in total. The summed E-state index contributed by atoms with van der Waals surface area (Å²) in [6.45, 7) is 0. The van der Waals surface area contributed by atoms with Crippen molar-refractivity contribution in [2.45, 2.75) is 0 Å². The molecule has 0 radical (unpaired) electrons. The fourth-order valence-electron chi connectivity index (χ4n) is 0.839. The van der Waals surface area contributed by atoms with Gasteiger partial charge in [-0.3, -0.25) is 0 Å². The van der Waals surface area contributed by atoms with Crippen LogP contribution < -0.4 is 4.74 Å². The molecule has 0 aliphatic rings. The molecule has 0 saturated carbocycles. The Morgan fingerprint density at radius 1 is 1.73 bits per heavy atom. The lowest BCUT2D eigenvalue weighted by atomic mass is 10.7. The van der Waals surface area contributed by atoms with Gasteiger partial charge < -0.3 is 4.74 Å². The van der Waals surface area contributed by atoms with E-state index in [1.807, 2.05) is 11.4 Å². The molecule has 0 N–H and O–H groups in total. The molecule has 0 atom stereocenters. The first kappa shape index (κ1) is 7.12.